The Kier molecular flexibility index (Phi) is 2.60. The van der Waals surface area contributed by atoms with Crippen LogP contribution in [0.15, 0.2) is 6.07 Å². The number of carbonyl (C=O) groups excluding carboxylic acids is 2. The summed E-state index contributed by atoms with van der Waals surface area (Å²) in [5, 5.41) is 0. The van der Waals surface area contributed by atoms with Crippen molar-refractivity contribution in [3.8, 4) is 0 Å². The molecule has 0 aliphatic heterocycles. The van der Waals surface area contributed by atoms with Crippen molar-refractivity contribution in [3.63, 3.8) is 0 Å². The minimum Gasteiger partial charge on any atom is -0.465 e. The first-order valence-corrected chi connectivity index (χ1v) is 4.14. The van der Waals surface area contributed by atoms with Gasteiger partial charge in [0.05, 0.1) is 17.6 Å². The monoisotopic (exact) mass is 184 g/mol. The molecule has 64 valence electrons. The third kappa shape index (κ3) is 1.53. The van der Waals surface area contributed by atoms with Crippen molar-refractivity contribution < 1.29 is 14.3 Å². The first-order valence-electron chi connectivity index (χ1n) is 3.33. The van der Waals surface area contributed by atoms with Crippen molar-refractivity contribution in [1.29, 1.82) is 0 Å². The summed E-state index contributed by atoms with van der Waals surface area (Å²) in [5.41, 5.74) is 0.476. The maximum Gasteiger partial charge on any atom is 0.338 e. The van der Waals surface area contributed by atoms with Crippen LogP contribution in [0.1, 0.15) is 24.9 Å². The average molecular weight is 184 g/mol. The summed E-state index contributed by atoms with van der Waals surface area (Å²) in [5.74, 6) is -0.392. The summed E-state index contributed by atoms with van der Waals surface area (Å²) in [6, 6.07) is 1.54. The topological polar surface area (TPSA) is 43.4 Å². The molecule has 0 N–H and O–H groups in total. The van der Waals surface area contributed by atoms with E-state index >= 15 is 0 Å². The number of carbonyl (C=O) groups is 2. The quantitative estimate of drug-likeness (QED) is 0.518. The summed E-state index contributed by atoms with van der Waals surface area (Å²) in [6.07, 6.45) is 0.726. The largest absolute Gasteiger partial charge is 0.465 e. The van der Waals surface area contributed by atoms with Gasteiger partial charge >= 0.3 is 5.97 Å². The molecule has 0 radical (unpaired) electrons. The van der Waals surface area contributed by atoms with Gasteiger partial charge in [0.25, 0.3) is 0 Å². The van der Waals surface area contributed by atoms with Gasteiger partial charge in [-0.15, -0.1) is 11.3 Å². The Morgan fingerprint density at radius 2 is 2.33 bits per heavy atom. The Balaban J connectivity index is 3.07. The molecule has 4 heteroatoms. The van der Waals surface area contributed by atoms with Gasteiger partial charge in [0, 0.05) is 4.88 Å². The molecule has 1 aromatic rings. The molecule has 0 aromatic carbocycles. The van der Waals surface area contributed by atoms with Crippen LogP contribution < -0.4 is 0 Å². The van der Waals surface area contributed by atoms with Crippen molar-refractivity contribution in [1.82, 2.24) is 0 Å². The van der Waals surface area contributed by atoms with Crippen molar-refractivity contribution in [2.45, 2.75) is 6.92 Å². The number of ether oxygens (including phenoxy) is 1. The van der Waals surface area contributed by atoms with Gasteiger partial charge in [-0.3, -0.25) is 4.79 Å². The number of thiophene rings is 1. The fourth-order valence-electron chi connectivity index (χ4n) is 0.876. The van der Waals surface area contributed by atoms with Crippen LogP contribution >= 0.6 is 11.3 Å². The zero-order chi connectivity index (χ0) is 9.14. The number of aryl methyl sites for hydroxylation is 1. The number of methoxy groups -OCH3 is 1. The highest BCUT2D eigenvalue weighted by molar-refractivity contribution is 7.13. The van der Waals surface area contributed by atoms with E-state index in [2.05, 4.69) is 4.74 Å². The van der Waals surface area contributed by atoms with Crippen molar-refractivity contribution in [2.75, 3.05) is 7.11 Å². The zero-order valence-corrected chi connectivity index (χ0v) is 7.60. The highest BCUT2D eigenvalue weighted by Gasteiger charge is 2.12. The van der Waals surface area contributed by atoms with E-state index in [1.165, 1.54) is 18.4 Å². The lowest BCUT2D eigenvalue weighted by Gasteiger charge is -1.94. The summed E-state index contributed by atoms with van der Waals surface area (Å²) < 4.78 is 4.53. The van der Waals surface area contributed by atoms with Gasteiger partial charge in [-0.25, -0.2) is 4.79 Å². The SMILES string of the molecule is COC(=O)c1cc(C=O)sc1C. The Morgan fingerprint density at radius 3 is 2.75 bits per heavy atom. The number of aldehydes is 1. The van der Waals surface area contributed by atoms with E-state index < -0.39 is 5.97 Å². The van der Waals surface area contributed by atoms with Gasteiger partial charge < -0.3 is 4.74 Å². The summed E-state index contributed by atoms with van der Waals surface area (Å²) in [4.78, 5) is 22.7. The van der Waals surface area contributed by atoms with Crippen LogP contribution in [0.2, 0.25) is 0 Å². The second-order valence-electron chi connectivity index (χ2n) is 2.23. The van der Waals surface area contributed by atoms with Gasteiger partial charge in [0.1, 0.15) is 0 Å². The third-order valence-corrected chi connectivity index (χ3v) is 2.43. The van der Waals surface area contributed by atoms with Crippen molar-refractivity contribution >= 4 is 23.6 Å². The van der Waals surface area contributed by atoms with E-state index in [0.717, 1.165) is 11.2 Å². The highest BCUT2D eigenvalue weighted by Crippen LogP contribution is 2.20. The lowest BCUT2D eigenvalue weighted by molar-refractivity contribution is 0.0600. The summed E-state index contributed by atoms with van der Waals surface area (Å²) in [6.45, 7) is 1.78. The normalized spacial score (nSPS) is 9.50. The summed E-state index contributed by atoms with van der Waals surface area (Å²) >= 11 is 1.29. The molecule has 0 spiro atoms. The Hall–Kier alpha value is -1.16. The average Bonchev–Trinajstić information content (AvgIpc) is 2.45. The molecule has 0 atom stereocenters. The maximum absolute atomic E-state index is 11.0. The number of hydrogen-bond acceptors (Lipinski definition) is 4. The molecular weight excluding hydrogens is 176 g/mol. The molecule has 3 nitrogen and oxygen atoms in total. The molecule has 0 saturated heterocycles. The smallest absolute Gasteiger partial charge is 0.338 e. The maximum atomic E-state index is 11.0. The van der Waals surface area contributed by atoms with E-state index in [0.29, 0.717) is 10.4 Å². The molecule has 0 unspecified atom stereocenters. The van der Waals surface area contributed by atoms with Gasteiger partial charge in [-0.05, 0) is 13.0 Å². The molecule has 0 amide bonds. The van der Waals surface area contributed by atoms with Crippen LogP contribution in [0.3, 0.4) is 0 Å². The molecule has 0 saturated carbocycles. The molecule has 0 aliphatic rings. The molecule has 0 fully saturated rings. The molecule has 1 rings (SSSR count). The first-order chi connectivity index (χ1) is 5.69. The van der Waals surface area contributed by atoms with Gasteiger partial charge in [0.15, 0.2) is 6.29 Å². The summed E-state index contributed by atoms with van der Waals surface area (Å²) in [7, 11) is 1.32. The van der Waals surface area contributed by atoms with E-state index in [9.17, 15) is 9.59 Å². The Bertz CT molecular complexity index is 314. The van der Waals surface area contributed by atoms with Crippen LogP contribution in [0.4, 0.5) is 0 Å². The number of esters is 1. The van der Waals surface area contributed by atoms with Crippen LogP contribution in [0.25, 0.3) is 0 Å². The standard InChI is InChI=1S/C8H8O3S/c1-5-7(8(10)11-2)3-6(4-9)12-5/h3-4H,1-2H3. The van der Waals surface area contributed by atoms with Gasteiger partial charge in [-0.1, -0.05) is 0 Å². The van der Waals surface area contributed by atoms with Gasteiger partial charge in [0.2, 0.25) is 0 Å². The Morgan fingerprint density at radius 1 is 1.67 bits per heavy atom. The van der Waals surface area contributed by atoms with Crippen LogP contribution in [-0.4, -0.2) is 19.4 Å². The fraction of sp³-hybridized carbons (Fsp3) is 0.250. The minimum atomic E-state index is -0.392. The molecule has 0 bridgehead atoms. The van der Waals surface area contributed by atoms with E-state index in [4.69, 9.17) is 0 Å². The predicted octanol–water partition coefficient (Wildman–Crippen LogP) is 1.66. The molecule has 1 heterocycles. The Labute approximate surface area is 74.0 Å². The first kappa shape index (κ1) is 8.93. The predicted molar refractivity (Wildman–Crippen MR) is 45.8 cm³/mol. The molecule has 0 aliphatic carbocycles. The highest BCUT2D eigenvalue weighted by atomic mass is 32.1. The fourth-order valence-corrected chi connectivity index (χ4v) is 1.71. The van der Waals surface area contributed by atoms with Crippen molar-refractivity contribution in [2.24, 2.45) is 0 Å². The second-order valence-corrected chi connectivity index (χ2v) is 3.52. The minimum absolute atomic E-state index is 0.392. The second kappa shape index (κ2) is 3.49. The van der Waals surface area contributed by atoms with Crippen LogP contribution in [-0.2, 0) is 4.74 Å². The van der Waals surface area contributed by atoms with Crippen molar-refractivity contribution in [3.05, 3.63) is 21.4 Å². The molecular formula is C8H8O3S. The van der Waals surface area contributed by atoms with Crippen LogP contribution in [0.5, 0.6) is 0 Å². The molecule has 12 heavy (non-hydrogen) atoms. The molecule has 1 aromatic heterocycles. The van der Waals surface area contributed by atoms with E-state index in [1.54, 1.807) is 13.0 Å². The lowest BCUT2D eigenvalue weighted by atomic mass is 10.2. The zero-order valence-electron chi connectivity index (χ0n) is 6.79. The van der Waals surface area contributed by atoms with Crippen LogP contribution in [0, 0.1) is 6.92 Å². The lowest BCUT2D eigenvalue weighted by Crippen LogP contribution is -2.00. The van der Waals surface area contributed by atoms with E-state index in [-0.39, 0.29) is 0 Å². The number of hydrogen-bond donors (Lipinski definition) is 0. The third-order valence-electron chi connectivity index (χ3n) is 1.46. The number of rotatable bonds is 2. The van der Waals surface area contributed by atoms with Gasteiger partial charge in [-0.2, -0.15) is 0 Å². The van der Waals surface area contributed by atoms with E-state index in [1.807, 2.05) is 0 Å².